The van der Waals surface area contributed by atoms with Crippen LogP contribution in [0.3, 0.4) is 0 Å². The van der Waals surface area contributed by atoms with Gasteiger partial charge in [-0.2, -0.15) is 5.10 Å². The number of aromatic nitrogens is 2. The van der Waals surface area contributed by atoms with E-state index in [4.69, 9.17) is 28.9 Å². The number of nitrogen functional groups attached to an aromatic ring is 1. The Morgan fingerprint density at radius 2 is 1.89 bits per heavy atom. The molecule has 0 fully saturated rings. The lowest BCUT2D eigenvalue weighted by atomic mass is 9.92. The summed E-state index contributed by atoms with van der Waals surface area (Å²) in [5.74, 6) is 0.522. The fraction of sp³-hybridized carbons (Fsp3) is 0.308. The minimum Gasteiger partial charge on any atom is -0.383 e. The highest BCUT2D eigenvalue weighted by molar-refractivity contribution is 9.10. The molecular weight excluding hydrogens is 349 g/mol. The van der Waals surface area contributed by atoms with Crippen molar-refractivity contribution in [2.24, 2.45) is 0 Å². The van der Waals surface area contributed by atoms with Crippen molar-refractivity contribution in [1.29, 1.82) is 0 Å². The largest absolute Gasteiger partial charge is 0.383 e. The van der Waals surface area contributed by atoms with Gasteiger partial charge in [-0.1, -0.05) is 44.0 Å². The molecule has 0 unspecified atom stereocenters. The van der Waals surface area contributed by atoms with Crippen LogP contribution in [0, 0.1) is 0 Å². The Bertz CT molecular complexity index is 630. The monoisotopic (exact) mass is 361 g/mol. The molecular formula is C13H14BrCl2N3. The Labute approximate surface area is 130 Å². The average molecular weight is 363 g/mol. The lowest BCUT2D eigenvalue weighted by molar-refractivity contribution is 0.558. The molecule has 2 rings (SSSR count). The summed E-state index contributed by atoms with van der Waals surface area (Å²) in [6, 6.07) is 5.23. The SMILES string of the molecule is CC(C)(C)c1nn(-c2ccc(Cl)cc2Cl)c(N)c1Br. The van der Waals surface area contributed by atoms with Gasteiger partial charge in [-0.25, -0.2) is 4.68 Å². The third-order valence-electron chi connectivity index (χ3n) is 2.71. The van der Waals surface area contributed by atoms with E-state index in [2.05, 4.69) is 41.8 Å². The number of nitrogens with two attached hydrogens (primary N) is 1. The van der Waals surface area contributed by atoms with Crippen molar-refractivity contribution in [2.45, 2.75) is 26.2 Å². The maximum Gasteiger partial charge on any atom is 0.141 e. The van der Waals surface area contributed by atoms with Crippen LogP contribution in [0.4, 0.5) is 5.82 Å². The van der Waals surface area contributed by atoms with E-state index in [1.807, 2.05) is 0 Å². The summed E-state index contributed by atoms with van der Waals surface area (Å²) >= 11 is 15.6. The van der Waals surface area contributed by atoms with Gasteiger partial charge >= 0.3 is 0 Å². The first-order valence-corrected chi connectivity index (χ1v) is 7.26. The molecule has 102 valence electrons. The number of anilines is 1. The lowest BCUT2D eigenvalue weighted by Gasteiger charge is -2.15. The zero-order valence-electron chi connectivity index (χ0n) is 10.8. The van der Waals surface area contributed by atoms with E-state index in [1.165, 1.54) is 0 Å². The number of hydrogen-bond donors (Lipinski definition) is 1. The quantitative estimate of drug-likeness (QED) is 0.790. The molecule has 0 aliphatic carbocycles. The Hall–Kier alpha value is -0.710. The van der Waals surface area contributed by atoms with Crippen molar-refractivity contribution in [1.82, 2.24) is 9.78 Å². The van der Waals surface area contributed by atoms with Gasteiger partial charge in [0.1, 0.15) is 5.82 Å². The van der Waals surface area contributed by atoms with Gasteiger partial charge in [0, 0.05) is 10.4 Å². The van der Waals surface area contributed by atoms with Crippen LogP contribution in [-0.4, -0.2) is 9.78 Å². The molecule has 0 spiro atoms. The first kappa shape index (κ1) is 14.7. The summed E-state index contributed by atoms with van der Waals surface area (Å²) in [6.45, 7) is 6.23. The molecule has 19 heavy (non-hydrogen) atoms. The third kappa shape index (κ3) is 2.76. The molecule has 1 aromatic heterocycles. The van der Waals surface area contributed by atoms with Gasteiger partial charge in [0.15, 0.2) is 0 Å². The van der Waals surface area contributed by atoms with Crippen LogP contribution in [0.1, 0.15) is 26.5 Å². The molecule has 0 atom stereocenters. The van der Waals surface area contributed by atoms with Gasteiger partial charge in [-0.3, -0.25) is 0 Å². The Kier molecular flexibility index (Phi) is 3.87. The van der Waals surface area contributed by atoms with Gasteiger partial charge in [-0.05, 0) is 34.1 Å². The second-order valence-electron chi connectivity index (χ2n) is 5.31. The van der Waals surface area contributed by atoms with Gasteiger partial charge in [0.05, 0.1) is 20.9 Å². The van der Waals surface area contributed by atoms with Gasteiger partial charge in [0.2, 0.25) is 0 Å². The highest BCUT2D eigenvalue weighted by Gasteiger charge is 2.25. The minimum absolute atomic E-state index is 0.114. The van der Waals surface area contributed by atoms with Crippen LogP contribution in [0.5, 0.6) is 0 Å². The molecule has 0 amide bonds. The molecule has 2 aromatic rings. The van der Waals surface area contributed by atoms with Crippen molar-refractivity contribution < 1.29 is 0 Å². The normalized spacial score (nSPS) is 11.9. The van der Waals surface area contributed by atoms with E-state index in [-0.39, 0.29) is 5.41 Å². The zero-order chi connectivity index (χ0) is 14.4. The third-order valence-corrected chi connectivity index (χ3v) is 4.03. The average Bonchev–Trinajstić information content (AvgIpc) is 2.56. The molecule has 0 saturated carbocycles. The molecule has 0 radical (unpaired) electrons. The summed E-state index contributed by atoms with van der Waals surface area (Å²) in [5.41, 5.74) is 7.58. The maximum absolute atomic E-state index is 6.20. The molecule has 2 N–H and O–H groups in total. The van der Waals surface area contributed by atoms with Crippen molar-refractivity contribution in [3.63, 3.8) is 0 Å². The van der Waals surface area contributed by atoms with E-state index >= 15 is 0 Å². The van der Waals surface area contributed by atoms with Gasteiger partial charge < -0.3 is 5.73 Å². The van der Waals surface area contributed by atoms with Crippen molar-refractivity contribution in [3.8, 4) is 5.69 Å². The topological polar surface area (TPSA) is 43.8 Å². The number of halogens is 3. The standard InChI is InChI=1S/C13H14BrCl2N3/c1-13(2,3)11-10(14)12(17)19(18-11)9-5-4-7(15)6-8(9)16/h4-6H,17H2,1-3H3. The van der Waals surface area contributed by atoms with E-state index in [0.717, 1.165) is 10.2 Å². The minimum atomic E-state index is -0.114. The van der Waals surface area contributed by atoms with Crippen LogP contribution in [0.25, 0.3) is 5.69 Å². The number of nitrogens with zero attached hydrogens (tertiary/aromatic N) is 2. The maximum atomic E-state index is 6.20. The van der Waals surface area contributed by atoms with E-state index in [1.54, 1.807) is 22.9 Å². The van der Waals surface area contributed by atoms with E-state index in [0.29, 0.717) is 21.6 Å². The predicted molar refractivity (Wildman–Crippen MR) is 84.4 cm³/mol. The lowest BCUT2D eigenvalue weighted by Crippen LogP contribution is -2.13. The highest BCUT2D eigenvalue weighted by Crippen LogP contribution is 2.36. The second kappa shape index (κ2) is 5.00. The number of benzene rings is 1. The predicted octanol–water partition coefficient (Wildman–Crippen LogP) is 4.82. The Morgan fingerprint density at radius 1 is 1.26 bits per heavy atom. The molecule has 0 bridgehead atoms. The molecule has 6 heteroatoms. The van der Waals surface area contributed by atoms with Crippen LogP contribution in [0.15, 0.2) is 22.7 Å². The van der Waals surface area contributed by atoms with Gasteiger partial charge in [-0.15, -0.1) is 0 Å². The fourth-order valence-electron chi connectivity index (χ4n) is 1.73. The van der Waals surface area contributed by atoms with Gasteiger partial charge in [0.25, 0.3) is 0 Å². The highest BCUT2D eigenvalue weighted by atomic mass is 79.9. The van der Waals surface area contributed by atoms with E-state index < -0.39 is 0 Å². The number of rotatable bonds is 1. The zero-order valence-corrected chi connectivity index (χ0v) is 13.9. The summed E-state index contributed by atoms with van der Waals surface area (Å²) in [6.07, 6.45) is 0. The van der Waals surface area contributed by atoms with Crippen molar-refractivity contribution in [3.05, 3.63) is 38.4 Å². The van der Waals surface area contributed by atoms with Crippen molar-refractivity contribution in [2.75, 3.05) is 5.73 Å². The van der Waals surface area contributed by atoms with Crippen molar-refractivity contribution >= 4 is 44.9 Å². The summed E-state index contributed by atoms with van der Waals surface area (Å²) in [5, 5.41) is 5.65. The summed E-state index contributed by atoms with van der Waals surface area (Å²) < 4.78 is 2.43. The first-order valence-electron chi connectivity index (χ1n) is 5.71. The Morgan fingerprint density at radius 3 is 2.37 bits per heavy atom. The smallest absolute Gasteiger partial charge is 0.141 e. The fourth-order valence-corrected chi connectivity index (χ4v) is 3.06. The van der Waals surface area contributed by atoms with Crippen LogP contribution in [-0.2, 0) is 5.41 Å². The molecule has 0 aliphatic rings. The van der Waals surface area contributed by atoms with E-state index in [9.17, 15) is 0 Å². The number of hydrogen-bond acceptors (Lipinski definition) is 2. The molecule has 1 heterocycles. The molecule has 1 aromatic carbocycles. The molecule has 0 saturated heterocycles. The van der Waals surface area contributed by atoms with Crippen LogP contribution < -0.4 is 5.73 Å². The summed E-state index contributed by atoms with van der Waals surface area (Å²) in [7, 11) is 0. The second-order valence-corrected chi connectivity index (χ2v) is 6.94. The molecule has 3 nitrogen and oxygen atoms in total. The first-order chi connectivity index (χ1) is 8.71. The Balaban J connectivity index is 2.64. The molecule has 0 aliphatic heterocycles. The van der Waals surface area contributed by atoms with Crippen LogP contribution in [0.2, 0.25) is 10.0 Å². The summed E-state index contributed by atoms with van der Waals surface area (Å²) in [4.78, 5) is 0. The van der Waals surface area contributed by atoms with Crippen LogP contribution >= 0.6 is 39.1 Å².